The number of fused-ring (bicyclic) bond motifs is 1. The van der Waals surface area contributed by atoms with E-state index in [2.05, 4.69) is 15.6 Å². The largest absolute Gasteiger partial charge is 0.368 e. The standard InChI is InChI=1S/C19H25N5O3/c25-18(16-10-24(22-21-16)14-6-7-14)20-13-4-2-8-23(9-13)19(26)17-15-5-1-3-12(15)11-27-17/h2,4,10,12-15,17H,1,3,5-9,11H2,(H,20,25)/t12-,13?,15-,17+/m0/s1. The molecule has 2 saturated carbocycles. The number of carbonyl (C=O) groups is 2. The predicted molar refractivity (Wildman–Crippen MR) is 95.8 cm³/mol. The summed E-state index contributed by atoms with van der Waals surface area (Å²) in [6.07, 6.45) is 10.9. The summed E-state index contributed by atoms with van der Waals surface area (Å²) < 4.78 is 7.59. The fourth-order valence-corrected chi connectivity index (χ4v) is 4.60. The van der Waals surface area contributed by atoms with Crippen LogP contribution in [-0.2, 0) is 9.53 Å². The Morgan fingerprint density at radius 3 is 2.96 bits per heavy atom. The third-order valence-corrected chi connectivity index (χ3v) is 6.24. The summed E-state index contributed by atoms with van der Waals surface area (Å²) in [7, 11) is 0. The molecule has 2 aliphatic heterocycles. The third kappa shape index (κ3) is 3.26. The van der Waals surface area contributed by atoms with Gasteiger partial charge in [-0.15, -0.1) is 5.10 Å². The van der Waals surface area contributed by atoms with Gasteiger partial charge in [-0.3, -0.25) is 9.59 Å². The molecule has 1 unspecified atom stereocenters. The first kappa shape index (κ1) is 16.9. The van der Waals surface area contributed by atoms with Gasteiger partial charge in [0, 0.05) is 13.1 Å². The maximum absolute atomic E-state index is 13.0. The molecule has 4 aliphatic rings. The first-order valence-corrected chi connectivity index (χ1v) is 9.99. The van der Waals surface area contributed by atoms with Crippen molar-refractivity contribution in [3.05, 3.63) is 24.0 Å². The molecule has 2 aliphatic carbocycles. The summed E-state index contributed by atoms with van der Waals surface area (Å²) in [6.45, 7) is 1.75. The zero-order chi connectivity index (χ0) is 18.4. The zero-order valence-corrected chi connectivity index (χ0v) is 15.3. The van der Waals surface area contributed by atoms with E-state index >= 15 is 0 Å². The van der Waals surface area contributed by atoms with Gasteiger partial charge >= 0.3 is 0 Å². The minimum Gasteiger partial charge on any atom is -0.368 e. The van der Waals surface area contributed by atoms with Gasteiger partial charge in [0.25, 0.3) is 11.8 Å². The lowest BCUT2D eigenvalue weighted by molar-refractivity contribution is -0.142. The molecule has 8 nitrogen and oxygen atoms in total. The van der Waals surface area contributed by atoms with Crippen molar-refractivity contribution in [3.63, 3.8) is 0 Å². The SMILES string of the molecule is O=C(NC1C=CCN(C(=O)[C@@H]2OC[C@@H]3CCC[C@@H]32)C1)c1cn(C2CC2)nn1. The number of ether oxygens (including phenoxy) is 1. The van der Waals surface area contributed by atoms with Gasteiger partial charge in [0.05, 0.1) is 24.9 Å². The third-order valence-electron chi connectivity index (χ3n) is 6.24. The van der Waals surface area contributed by atoms with E-state index in [1.165, 1.54) is 12.8 Å². The lowest BCUT2D eigenvalue weighted by Crippen LogP contribution is -2.51. The van der Waals surface area contributed by atoms with E-state index < -0.39 is 0 Å². The Balaban J connectivity index is 1.20. The fraction of sp³-hybridized carbons (Fsp3) is 0.684. The summed E-state index contributed by atoms with van der Waals surface area (Å²) in [6, 6.07) is 0.176. The minimum atomic E-state index is -0.307. The number of carbonyl (C=O) groups excluding carboxylic acids is 2. The van der Waals surface area contributed by atoms with Crippen LogP contribution in [0.15, 0.2) is 18.3 Å². The number of hydrogen-bond acceptors (Lipinski definition) is 5. The second-order valence-electron chi connectivity index (χ2n) is 8.18. The van der Waals surface area contributed by atoms with Crippen LogP contribution in [0.2, 0.25) is 0 Å². The Morgan fingerprint density at radius 2 is 2.11 bits per heavy atom. The smallest absolute Gasteiger partial charge is 0.273 e. The van der Waals surface area contributed by atoms with Crippen molar-refractivity contribution in [3.8, 4) is 0 Å². The maximum Gasteiger partial charge on any atom is 0.273 e. The van der Waals surface area contributed by atoms with Crippen LogP contribution < -0.4 is 5.32 Å². The van der Waals surface area contributed by atoms with E-state index in [1.54, 1.807) is 15.8 Å². The Kier molecular flexibility index (Phi) is 4.22. The molecule has 0 bridgehead atoms. The fourth-order valence-electron chi connectivity index (χ4n) is 4.60. The van der Waals surface area contributed by atoms with Crippen LogP contribution in [-0.4, -0.2) is 63.6 Å². The lowest BCUT2D eigenvalue weighted by Gasteiger charge is -2.32. The van der Waals surface area contributed by atoms with Gasteiger partial charge < -0.3 is 15.0 Å². The molecule has 8 heteroatoms. The Bertz CT molecular complexity index is 771. The van der Waals surface area contributed by atoms with Crippen LogP contribution in [0.5, 0.6) is 0 Å². The average Bonchev–Trinajstić information content (AvgIpc) is 3.09. The highest BCUT2D eigenvalue weighted by Gasteiger charge is 2.45. The molecule has 2 amide bonds. The minimum absolute atomic E-state index is 0.0627. The molecular formula is C19H25N5O3. The van der Waals surface area contributed by atoms with Crippen molar-refractivity contribution in [1.82, 2.24) is 25.2 Å². The molecule has 1 aromatic rings. The highest BCUT2D eigenvalue weighted by molar-refractivity contribution is 5.92. The Hall–Kier alpha value is -2.22. The van der Waals surface area contributed by atoms with Crippen molar-refractivity contribution in [1.29, 1.82) is 0 Å². The lowest BCUT2D eigenvalue weighted by atomic mass is 9.93. The number of hydrogen-bond donors (Lipinski definition) is 1. The molecule has 3 fully saturated rings. The summed E-state index contributed by atoms with van der Waals surface area (Å²) in [5.74, 6) is 0.726. The maximum atomic E-state index is 13.0. The molecule has 3 heterocycles. The van der Waals surface area contributed by atoms with Crippen LogP contribution in [0.3, 0.4) is 0 Å². The van der Waals surface area contributed by atoms with Crippen molar-refractivity contribution >= 4 is 11.8 Å². The van der Waals surface area contributed by atoms with Crippen molar-refractivity contribution < 1.29 is 14.3 Å². The van der Waals surface area contributed by atoms with Gasteiger partial charge in [-0.2, -0.15) is 0 Å². The number of nitrogens with zero attached hydrogens (tertiary/aromatic N) is 4. The van der Waals surface area contributed by atoms with E-state index in [4.69, 9.17) is 4.74 Å². The number of rotatable bonds is 4. The van der Waals surface area contributed by atoms with Crippen LogP contribution in [0, 0.1) is 11.8 Å². The van der Waals surface area contributed by atoms with Gasteiger partial charge in [0.15, 0.2) is 5.69 Å². The monoisotopic (exact) mass is 371 g/mol. The Morgan fingerprint density at radius 1 is 1.22 bits per heavy atom. The summed E-state index contributed by atoms with van der Waals surface area (Å²) in [4.78, 5) is 27.2. The van der Waals surface area contributed by atoms with E-state index in [0.29, 0.717) is 43.3 Å². The summed E-state index contributed by atoms with van der Waals surface area (Å²) >= 11 is 0. The van der Waals surface area contributed by atoms with Gasteiger partial charge in [-0.25, -0.2) is 4.68 Å². The van der Waals surface area contributed by atoms with Crippen LogP contribution in [0.4, 0.5) is 0 Å². The normalized spacial score (nSPS) is 32.5. The second kappa shape index (κ2) is 6.74. The molecule has 0 aromatic carbocycles. The number of nitrogens with one attached hydrogen (secondary N) is 1. The first-order valence-electron chi connectivity index (χ1n) is 9.99. The quantitative estimate of drug-likeness (QED) is 0.795. The van der Waals surface area contributed by atoms with Gasteiger partial charge in [-0.1, -0.05) is 23.8 Å². The van der Waals surface area contributed by atoms with Crippen LogP contribution >= 0.6 is 0 Å². The summed E-state index contributed by atoms with van der Waals surface area (Å²) in [5, 5.41) is 11.0. The second-order valence-corrected chi connectivity index (χ2v) is 8.18. The Labute approximate surface area is 157 Å². The van der Waals surface area contributed by atoms with E-state index in [9.17, 15) is 9.59 Å². The molecule has 4 atom stereocenters. The molecule has 0 radical (unpaired) electrons. The molecule has 5 rings (SSSR count). The first-order chi connectivity index (χ1) is 13.2. The van der Waals surface area contributed by atoms with Crippen LogP contribution in [0.25, 0.3) is 0 Å². The molecule has 144 valence electrons. The van der Waals surface area contributed by atoms with Crippen LogP contribution in [0.1, 0.15) is 48.6 Å². The molecule has 1 aromatic heterocycles. The predicted octanol–water partition coefficient (Wildman–Crippen LogP) is 0.925. The van der Waals surface area contributed by atoms with E-state index in [0.717, 1.165) is 19.3 Å². The highest BCUT2D eigenvalue weighted by Crippen LogP contribution is 2.41. The highest BCUT2D eigenvalue weighted by atomic mass is 16.5. The molecule has 1 N–H and O–H groups in total. The van der Waals surface area contributed by atoms with Gasteiger partial charge in [0.1, 0.15) is 6.10 Å². The molecule has 0 spiro atoms. The topological polar surface area (TPSA) is 89.4 Å². The van der Waals surface area contributed by atoms with Crippen molar-refractivity contribution in [2.24, 2.45) is 11.8 Å². The van der Waals surface area contributed by atoms with Crippen molar-refractivity contribution in [2.45, 2.75) is 50.3 Å². The number of amides is 2. The summed E-state index contributed by atoms with van der Waals surface area (Å²) in [5.41, 5.74) is 0.326. The average molecular weight is 371 g/mol. The van der Waals surface area contributed by atoms with Gasteiger partial charge in [-0.05, 0) is 37.5 Å². The molecular weight excluding hydrogens is 346 g/mol. The molecule has 1 saturated heterocycles. The zero-order valence-electron chi connectivity index (χ0n) is 15.3. The van der Waals surface area contributed by atoms with Crippen molar-refractivity contribution in [2.75, 3.05) is 19.7 Å². The van der Waals surface area contributed by atoms with E-state index in [1.807, 2.05) is 12.2 Å². The molecule has 27 heavy (non-hydrogen) atoms. The number of aromatic nitrogens is 3. The van der Waals surface area contributed by atoms with E-state index in [-0.39, 0.29) is 24.0 Å². The van der Waals surface area contributed by atoms with Gasteiger partial charge in [0.2, 0.25) is 0 Å².